The molecule has 2 aromatic heterocycles. The summed E-state index contributed by atoms with van der Waals surface area (Å²) in [6.07, 6.45) is 0. The van der Waals surface area contributed by atoms with Crippen molar-refractivity contribution >= 4 is 32.7 Å². The summed E-state index contributed by atoms with van der Waals surface area (Å²) in [5, 5.41) is 4.72. The number of benzene rings is 1. The first-order valence-corrected chi connectivity index (χ1v) is 12.1. The van der Waals surface area contributed by atoms with Crippen LogP contribution in [0.1, 0.15) is 45.0 Å². The van der Waals surface area contributed by atoms with Gasteiger partial charge in [-0.1, -0.05) is 32.9 Å². The van der Waals surface area contributed by atoms with Crippen LogP contribution in [0.4, 0.5) is 0 Å². The summed E-state index contributed by atoms with van der Waals surface area (Å²) in [6.45, 7) is 8.16. The van der Waals surface area contributed by atoms with Crippen LogP contribution in [0, 0.1) is 0 Å². The second-order valence-corrected chi connectivity index (χ2v) is 11.3. The van der Waals surface area contributed by atoms with Crippen molar-refractivity contribution in [1.29, 1.82) is 0 Å². The summed E-state index contributed by atoms with van der Waals surface area (Å²) in [6, 6.07) is 8.69. The highest BCUT2D eigenvalue weighted by Gasteiger charge is 2.23. The Morgan fingerprint density at radius 2 is 1.79 bits per heavy atom. The molecule has 3 rings (SSSR count). The van der Waals surface area contributed by atoms with Crippen LogP contribution in [0.15, 0.2) is 45.3 Å². The number of sulfonamides is 1. The monoisotopic (exact) mass is 436 g/mol. The normalized spacial score (nSPS) is 13.5. The van der Waals surface area contributed by atoms with E-state index in [2.05, 4.69) is 30.5 Å². The Balaban J connectivity index is 1.78. The summed E-state index contributed by atoms with van der Waals surface area (Å²) in [5.74, 6) is 0.736. The third-order valence-electron chi connectivity index (χ3n) is 4.31. The highest BCUT2D eigenvalue weighted by molar-refractivity contribution is 7.91. The number of hydrogen-bond donors (Lipinski definition) is 1. The van der Waals surface area contributed by atoms with Gasteiger partial charge >= 0.3 is 0 Å². The van der Waals surface area contributed by atoms with E-state index in [1.165, 1.54) is 22.7 Å². The van der Waals surface area contributed by atoms with Gasteiger partial charge in [0, 0.05) is 27.8 Å². The van der Waals surface area contributed by atoms with Gasteiger partial charge in [0.1, 0.15) is 15.0 Å². The fraction of sp³-hybridized carbons (Fsp3) is 0.350. The van der Waals surface area contributed by atoms with Crippen molar-refractivity contribution in [1.82, 2.24) is 9.71 Å². The Bertz CT molecular complexity index is 1050. The van der Waals surface area contributed by atoms with Gasteiger partial charge in [0.15, 0.2) is 0 Å². The van der Waals surface area contributed by atoms with Crippen LogP contribution in [0.3, 0.4) is 0 Å². The van der Waals surface area contributed by atoms with E-state index >= 15 is 0 Å². The number of nitrogens with one attached hydrogen (secondary N) is 1. The molecule has 1 aromatic carbocycles. The van der Waals surface area contributed by atoms with Gasteiger partial charge in [0.25, 0.3) is 10.0 Å². The summed E-state index contributed by atoms with van der Waals surface area (Å²) in [7, 11) is -2.02. The molecule has 150 valence electrons. The molecule has 0 aliphatic carbocycles. The number of nitrogens with zero attached hydrogens (tertiary/aromatic N) is 1. The predicted octanol–water partition coefficient (Wildman–Crippen LogP) is 5.22. The molecule has 0 radical (unpaired) electrons. The molecule has 2 heterocycles. The minimum Gasteiger partial charge on any atom is -0.497 e. The molecule has 0 aliphatic rings. The first-order chi connectivity index (χ1) is 13.1. The lowest BCUT2D eigenvalue weighted by Crippen LogP contribution is -2.26. The second-order valence-electron chi connectivity index (χ2n) is 7.56. The number of rotatable bonds is 6. The van der Waals surface area contributed by atoms with Crippen LogP contribution < -0.4 is 9.46 Å². The number of hydrogen-bond acceptors (Lipinski definition) is 6. The SMILES string of the molecule is COc1ccc([C@@H](C)NS(=O)(=O)c2cc(-c3nc(C(C)(C)C)cs3)cs2)cc1. The van der Waals surface area contributed by atoms with Crippen molar-refractivity contribution in [2.45, 2.75) is 43.4 Å². The third-order valence-corrected chi connectivity index (χ3v) is 8.18. The minimum atomic E-state index is -3.62. The maximum atomic E-state index is 12.8. The molecular weight excluding hydrogens is 412 g/mol. The van der Waals surface area contributed by atoms with E-state index in [1.54, 1.807) is 13.2 Å². The molecule has 5 nitrogen and oxygen atoms in total. The van der Waals surface area contributed by atoms with Crippen molar-refractivity contribution in [3.8, 4) is 16.3 Å². The molecule has 3 aromatic rings. The van der Waals surface area contributed by atoms with Crippen molar-refractivity contribution in [3.63, 3.8) is 0 Å². The third kappa shape index (κ3) is 4.63. The zero-order chi connectivity index (χ0) is 20.5. The molecule has 0 saturated carbocycles. The van der Waals surface area contributed by atoms with Gasteiger partial charge < -0.3 is 4.74 Å². The molecule has 0 saturated heterocycles. The molecule has 1 atom stereocenters. The number of thiophene rings is 1. The van der Waals surface area contributed by atoms with Crippen LogP contribution in [-0.4, -0.2) is 20.5 Å². The maximum absolute atomic E-state index is 12.8. The summed E-state index contributed by atoms with van der Waals surface area (Å²) >= 11 is 2.74. The molecule has 0 spiro atoms. The smallest absolute Gasteiger partial charge is 0.250 e. The van der Waals surface area contributed by atoms with E-state index in [0.717, 1.165) is 27.6 Å². The van der Waals surface area contributed by atoms with E-state index in [9.17, 15) is 8.42 Å². The number of thiazole rings is 1. The van der Waals surface area contributed by atoms with Crippen LogP contribution >= 0.6 is 22.7 Å². The van der Waals surface area contributed by atoms with E-state index in [-0.39, 0.29) is 15.7 Å². The maximum Gasteiger partial charge on any atom is 0.250 e. The Kier molecular flexibility index (Phi) is 5.95. The van der Waals surface area contributed by atoms with E-state index in [4.69, 9.17) is 4.74 Å². The van der Waals surface area contributed by atoms with E-state index in [1.807, 2.05) is 41.9 Å². The van der Waals surface area contributed by atoms with Gasteiger partial charge in [-0.25, -0.2) is 18.1 Å². The molecule has 8 heteroatoms. The Morgan fingerprint density at radius 1 is 1.11 bits per heavy atom. The zero-order valence-electron chi connectivity index (χ0n) is 16.5. The molecule has 0 unspecified atom stereocenters. The van der Waals surface area contributed by atoms with Crippen molar-refractivity contribution in [2.24, 2.45) is 0 Å². The lowest BCUT2D eigenvalue weighted by atomic mass is 9.93. The average Bonchev–Trinajstić information content (AvgIpc) is 3.30. The molecular formula is C20H24N2O3S3. The second kappa shape index (κ2) is 7.94. The Morgan fingerprint density at radius 3 is 2.36 bits per heavy atom. The van der Waals surface area contributed by atoms with Crippen LogP contribution in [0.25, 0.3) is 10.6 Å². The standard InChI is InChI=1S/C20H24N2O3S3/c1-13(14-6-8-16(25-5)9-7-14)22-28(23,24)18-10-15(11-26-18)19-21-17(12-27-19)20(2,3)4/h6-13,22H,1-5H3/t13-/m1/s1. The summed E-state index contributed by atoms with van der Waals surface area (Å²) in [4.78, 5) is 4.67. The molecule has 0 aliphatic heterocycles. The first-order valence-electron chi connectivity index (χ1n) is 8.81. The van der Waals surface area contributed by atoms with Gasteiger partial charge in [-0.15, -0.1) is 22.7 Å². The van der Waals surface area contributed by atoms with Crippen LogP contribution in [0.5, 0.6) is 5.75 Å². The lowest BCUT2D eigenvalue weighted by molar-refractivity contribution is 0.414. The van der Waals surface area contributed by atoms with Gasteiger partial charge in [-0.3, -0.25) is 0 Å². The molecule has 28 heavy (non-hydrogen) atoms. The highest BCUT2D eigenvalue weighted by Crippen LogP contribution is 2.34. The average molecular weight is 437 g/mol. The lowest BCUT2D eigenvalue weighted by Gasteiger charge is -2.14. The van der Waals surface area contributed by atoms with Crippen LogP contribution in [-0.2, 0) is 15.4 Å². The largest absolute Gasteiger partial charge is 0.497 e. The van der Waals surface area contributed by atoms with Crippen molar-refractivity contribution < 1.29 is 13.2 Å². The number of aromatic nitrogens is 1. The molecule has 0 amide bonds. The quantitative estimate of drug-likeness (QED) is 0.575. The Hall–Kier alpha value is -1.74. The topological polar surface area (TPSA) is 68.3 Å². The molecule has 1 N–H and O–H groups in total. The summed E-state index contributed by atoms with van der Waals surface area (Å²) in [5.41, 5.74) is 2.68. The zero-order valence-corrected chi connectivity index (χ0v) is 19.0. The van der Waals surface area contributed by atoms with Crippen LogP contribution in [0.2, 0.25) is 0 Å². The van der Waals surface area contributed by atoms with E-state index < -0.39 is 10.0 Å². The predicted molar refractivity (Wildman–Crippen MR) is 116 cm³/mol. The summed E-state index contributed by atoms with van der Waals surface area (Å²) < 4.78 is 33.8. The van der Waals surface area contributed by atoms with Gasteiger partial charge in [0.2, 0.25) is 0 Å². The molecule has 0 bridgehead atoms. The van der Waals surface area contributed by atoms with Crippen molar-refractivity contribution in [3.05, 3.63) is 52.3 Å². The highest BCUT2D eigenvalue weighted by atomic mass is 32.2. The van der Waals surface area contributed by atoms with Gasteiger partial charge in [-0.05, 0) is 30.7 Å². The van der Waals surface area contributed by atoms with E-state index in [0.29, 0.717) is 0 Å². The first kappa shape index (κ1) is 21.0. The number of methoxy groups -OCH3 is 1. The van der Waals surface area contributed by atoms with Gasteiger partial charge in [0.05, 0.1) is 12.8 Å². The fourth-order valence-corrected chi connectivity index (χ4v) is 6.09. The van der Waals surface area contributed by atoms with Gasteiger partial charge in [-0.2, -0.15) is 0 Å². The fourth-order valence-electron chi connectivity index (χ4n) is 2.57. The minimum absolute atomic E-state index is 0.0327. The number of ether oxygens (including phenoxy) is 1. The molecule has 0 fully saturated rings. The van der Waals surface area contributed by atoms with Crippen molar-refractivity contribution in [2.75, 3.05) is 7.11 Å². The Labute approximate surface area is 174 Å².